The third-order valence-electron chi connectivity index (χ3n) is 3.09. The van der Waals surface area contributed by atoms with Crippen LogP contribution in [0.15, 0.2) is 24.3 Å². The highest BCUT2D eigenvalue weighted by Crippen LogP contribution is 2.17. The molecule has 4 heteroatoms. The van der Waals surface area contributed by atoms with Crippen molar-refractivity contribution in [2.24, 2.45) is 5.92 Å². The molecule has 0 aliphatic rings. The molecule has 0 aliphatic carbocycles. The van der Waals surface area contributed by atoms with Crippen LogP contribution in [0.5, 0.6) is 0 Å². The number of amides is 1. The SMILES string of the molecule is Cc1ccccc1[C@@H](C)NC(=O)CC(C)CC(=O)O. The Hall–Kier alpha value is -1.84. The second kappa shape index (κ2) is 6.92. The number of carbonyl (C=O) groups is 2. The van der Waals surface area contributed by atoms with Crippen molar-refractivity contribution in [2.75, 3.05) is 0 Å². The van der Waals surface area contributed by atoms with Crippen LogP contribution in [0.3, 0.4) is 0 Å². The van der Waals surface area contributed by atoms with Gasteiger partial charge < -0.3 is 10.4 Å². The number of aliphatic carboxylic acids is 1. The number of aryl methyl sites for hydroxylation is 1. The van der Waals surface area contributed by atoms with Gasteiger partial charge in [-0.3, -0.25) is 9.59 Å². The molecule has 104 valence electrons. The molecule has 0 saturated carbocycles. The van der Waals surface area contributed by atoms with Crippen LogP contribution >= 0.6 is 0 Å². The molecule has 0 fully saturated rings. The summed E-state index contributed by atoms with van der Waals surface area (Å²) in [5.41, 5.74) is 2.22. The van der Waals surface area contributed by atoms with Gasteiger partial charge in [0.05, 0.1) is 6.04 Å². The Morgan fingerprint density at radius 3 is 2.42 bits per heavy atom. The Bertz CT molecular complexity index is 456. The lowest BCUT2D eigenvalue weighted by Gasteiger charge is -2.17. The van der Waals surface area contributed by atoms with Gasteiger partial charge in [-0.15, -0.1) is 0 Å². The number of nitrogens with one attached hydrogen (secondary N) is 1. The maximum absolute atomic E-state index is 11.8. The van der Waals surface area contributed by atoms with Crippen LogP contribution in [0.1, 0.15) is 43.9 Å². The number of hydrogen-bond donors (Lipinski definition) is 2. The summed E-state index contributed by atoms with van der Waals surface area (Å²) in [6, 6.07) is 7.83. The lowest BCUT2D eigenvalue weighted by molar-refractivity contribution is -0.138. The van der Waals surface area contributed by atoms with Gasteiger partial charge in [0.25, 0.3) is 0 Å². The zero-order valence-corrected chi connectivity index (χ0v) is 11.6. The summed E-state index contributed by atoms with van der Waals surface area (Å²) in [6.07, 6.45) is 0.259. The Morgan fingerprint density at radius 2 is 1.84 bits per heavy atom. The highest BCUT2D eigenvalue weighted by atomic mass is 16.4. The number of carboxylic acid groups (broad SMARTS) is 1. The minimum absolute atomic E-state index is 0.0200. The minimum atomic E-state index is -0.868. The molecule has 0 aliphatic heterocycles. The molecule has 0 saturated heterocycles. The highest BCUT2D eigenvalue weighted by Gasteiger charge is 2.15. The molecule has 1 unspecified atom stereocenters. The molecule has 1 rings (SSSR count). The number of benzene rings is 1. The Kier molecular flexibility index (Phi) is 5.55. The Labute approximate surface area is 113 Å². The molecule has 1 aromatic carbocycles. The maximum atomic E-state index is 11.8. The monoisotopic (exact) mass is 263 g/mol. The van der Waals surface area contributed by atoms with E-state index in [-0.39, 0.29) is 30.7 Å². The summed E-state index contributed by atoms with van der Waals surface area (Å²) >= 11 is 0. The number of carbonyl (C=O) groups excluding carboxylic acids is 1. The van der Waals surface area contributed by atoms with Crippen LogP contribution in [0.4, 0.5) is 0 Å². The fraction of sp³-hybridized carbons (Fsp3) is 0.467. The van der Waals surface area contributed by atoms with Crippen LogP contribution in [0.25, 0.3) is 0 Å². The minimum Gasteiger partial charge on any atom is -0.481 e. The highest BCUT2D eigenvalue weighted by molar-refractivity contribution is 5.77. The van der Waals surface area contributed by atoms with Crippen molar-refractivity contribution in [3.8, 4) is 0 Å². The van der Waals surface area contributed by atoms with E-state index in [0.717, 1.165) is 11.1 Å². The summed E-state index contributed by atoms with van der Waals surface area (Å²) < 4.78 is 0. The predicted octanol–water partition coefficient (Wildman–Crippen LogP) is 2.67. The van der Waals surface area contributed by atoms with Crippen LogP contribution in [-0.4, -0.2) is 17.0 Å². The zero-order valence-electron chi connectivity index (χ0n) is 11.6. The molecule has 1 amide bonds. The van der Waals surface area contributed by atoms with Gasteiger partial charge in [-0.25, -0.2) is 0 Å². The smallest absolute Gasteiger partial charge is 0.303 e. The van der Waals surface area contributed by atoms with Crippen molar-refractivity contribution in [2.45, 2.75) is 39.7 Å². The molecule has 1 aromatic rings. The third-order valence-corrected chi connectivity index (χ3v) is 3.09. The van der Waals surface area contributed by atoms with Crippen LogP contribution in [0.2, 0.25) is 0 Å². The van der Waals surface area contributed by atoms with E-state index >= 15 is 0 Å². The Balaban J connectivity index is 2.53. The van der Waals surface area contributed by atoms with E-state index < -0.39 is 5.97 Å². The summed E-state index contributed by atoms with van der Waals surface area (Å²) in [5.74, 6) is -1.13. The summed E-state index contributed by atoms with van der Waals surface area (Å²) in [5, 5.41) is 11.6. The maximum Gasteiger partial charge on any atom is 0.303 e. The van der Waals surface area contributed by atoms with Crippen molar-refractivity contribution in [1.82, 2.24) is 5.32 Å². The number of carboxylic acids is 1. The predicted molar refractivity (Wildman–Crippen MR) is 73.8 cm³/mol. The summed E-state index contributed by atoms with van der Waals surface area (Å²) in [7, 11) is 0. The van der Waals surface area contributed by atoms with Gasteiger partial charge in [-0.2, -0.15) is 0 Å². The van der Waals surface area contributed by atoms with Crippen molar-refractivity contribution in [3.05, 3.63) is 35.4 Å². The molecule has 4 nitrogen and oxygen atoms in total. The molecule has 0 aromatic heterocycles. The van der Waals surface area contributed by atoms with Crippen molar-refractivity contribution >= 4 is 11.9 Å². The molecule has 0 radical (unpaired) electrons. The molecular weight excluding hydrogens is 242 g/mol. The molecule has 2 N–H and O–H groups in total. The van der Waals surface area contributed by atoms with Gasteiger partial charge in [-0.05, 0) is 30.9 Å². The van der Waals surface area contributed by atoms with Gasteiger partial charge in [0, 0.05) is 12.8 Å². The standard InChI is InChI=1S/C15H21NO3/c1-10(9-15(18)19)8-14(17)16-12(3)13-7-5-4-6-11(13)2/h4-7,10,12H,8-9H2,1-3H3,(H,16,17)(H,18,19)/t10?,12-/m1/s1. The van der Waals surface area contributed by atoms with Crippen LogP contribution in [-0.2, 0) is 9.59 Å². The summed E-state index contributed by atoms with van der Waals surface area (Å²) in [6.45, 7) is 5.71. The molecule has 0 spiro atoms. The lowest BCUT2D eigenvalue weighted by atomic mass is 10.0. The molecule has 19 heavy (non-hydrogen) atoms. The lowest BCUT2D eigenvalue weighted by Crippen LogP contribution is -2.28. The van der Waals surface area contributed by atoms with E-state index in [9.17, 15) is 9.59 Å². The quantitative estimate of drug-likeness (QED) is 0.829. The van der Waals surface area contributed by atoms with Crippen molar-refractivity contribution in [1.29, 1.82) is 0 Å². The van der Waals surface area contributed by atoms with E-state index in [1.807, 2.05) is 38.1 Å². The van der Waals surface area contributed by atoms with E-state index in [0.29, 0.717) is 0 Å². The summed E-state index contributed by atoms with van der Waals surface area (Å²) in [4.78, 5) is 22.4. The van der Waals surface area contributed by atoms with Gasteiger partial charge in [-0.1, -0.05) is 31.2 Å². The van der Waals surface area contributed by atoms with Crippen molar-refractivity contribution in [3.63, 3.8) is 0 Å². The number of rotatable bonds is 6. The van der Waals surface area contributed by atoms with Crippen molar-refractivity contribution < 1.29 is 14.7 Å². The topological polar surface area (TPSA) is 66.4 Å². The van der Waals surface area contributed by atoms with Gasteiger partial charge in [0.1, 0.15) is 0 Å². The van der Waals surface area contributed by atoms with E-state index in [4.69, 9.17) is 5.11 Å². The van der Waals surface area contributed by atoms with Gasteiger partial charge >= 0.3 is 5.97 Å². The third kappa shape index (κ3) is 5.12. The molecule has 0 heterocycles. The average molecular weight is 263 g/mol. The fourth-order valence-corrected chi connectivity index (χ4v) is 2.14. The fourth-order valence-electron chi connectivity index (χ4n) is 2.14. The average Bonchev–Trinajstić information content (AvgIpc) is 2.27. The van der Waals surface area contributed by atoms with E-state index in [1.165, 1.54) is 0 Å². The van der Waals surface area contributed by atoms with Crippen LogP contribution < -0.4 is 5.32 Å². The molecule has 2 atom stereocenters. The first-order valence-electron chi connectivity index (χ1n) is 6.46. The first kappa shape index (κ1) is 15.2. The first-order chi connectivity index (χ1) is 8.90. The zero-order chi connectivity index (χ0) is 14.4. The normalized spacial score (nSPS) is 13.6. The Morgan fingerprint density at radius 1 is 1.21 bits per heavy atom. The van der Waals surface area contributed by atoms with Crippen LogP contribution in [0, 0.1) is 12.8 Å². The second-order valence-corrected chi connectivity index (χ2v) is 5.05. The molecular formula is C15H21NO3. The van der Waals surface area contributed by atoms with Gasteiger partial charge in [0.15, 0.2) is 0 Å². The molecule has 0 bridgehead atoms. The van der Waals surface area contributed by atoms with Gasteiger partial charge in [0.2, 0.25) is 5.91 Å². The first-order valence-corrected chi connectivity index (χ1v) is 6.46. The largest absolute Gasteiger partial charge is 0.481 e. The van der Waals surface area contributed by atoms with E-state index in [2.05, 4.69) is 5.32 Å². The second-order valence-electron chi connectivity index (χ2n) is 5.05. The van der Waals surface area contributed by atoms with E-state index in [1.54, 1.807) is 6.92 Å². The number of hydrogen-bond acceptors (Lipinski definition) is 2.